The Labute approximate surface area is 128 Å². The fourth-order valence-corrected chi connectivity index (χ4v) is 2.62. The van der Waals surface area contributed by atoms with Gasteiger partial charge in [-0.1, -0.05) is 13.0 Å². The third-order valence-electron chi connectivity index (χ3n) is 2.84. The number of nitrogens with zero attached hydrogens (tertiary/aromatic N) is 1. The third-order valence-corrected chi connectivity index (χ3v) is 3.78. The first-order valence-electron chi connectivity index (χ1n) is 6.46. The summed E-state index contributed by atoms with van der Waals surface area (Å²) in [5.41, 5.74) is 6.93. The van der Waals surface area contributed by atoms with Crippen LogP contribution in [0.25, 0.3) is 0 Å². The molecule has 0 saturated carbocycles. The van der Waals surface area contributed by atoms with Gasteiger partial charge in [0.25, 0.3) is 0 Å². The van der Waals surface area contributed by atoms with Gasteiger partial charge in [-0.3, -0.25) is 0 Å². The summed E-state index contributed by atoms with van der Waals surface area (Å²) in [6.45, 7) is 2.04. The molecular formula is C16H16N2O2S. The average Bonchev–Trinajstić information content (AvgIpc) is 2.50. The first-order valence-corrected chi connectivity index (χ1v) is 7.45. The molecule has 0 fully saturated rings. The first kappa shape index (κ1) is 15.1. The molecule has 5 heteroatoms. The van der Waals surface area contributed by atoms with E-state index < -0.39 is 0 Å². The van der Waals surface area contributed by atoms with E-state index in [9.17, 15) is 5.26 Å². The molecule has 2 N–H and O–H groups in total. The molecule has 0 saturated heterocycles. The summed E-state index contributed by atoms with van der Waals surface area (Å²) in [7, 11) is 1.58. The second-order valence-electron chi connectivity index (χ2n) is 4.18. The van der Waals surface area contributed by atoms with Crippen LogP contribution in [0.15, 0.2) is 41.3 Å². The van der Waals surface area contributed by atoms with Crippen LogP contribution in [0.5, 0.6) is 17.2 Å². The third kappa shape index (κ3) is 3.41. The van der Waals surface area contributed by atoms with Crippen LogP contribution in [0.3, 0.4) is 0 Å². The van der Waals surface area contributed by atoms with Crippen molar-refractivity contribution in [3.8, 4) is 23.3 Å². The van der Waals surface area contributed by atoms with Crippen LogP contribution < -0.4 is 15.2 Å². The lowest BCUT2D eigenvalue weighted by Crippen LogP contribution is -1.95. The van der Waals surface area contributed by atoms with Crippen LogP contribution in [0.2, 0.25) is 0 Å². The largest absolute Gasteiger partial charge is 0.497 e. The Hall–Kier alpha value is -2.32. The van der Waals surface area contributed by atoms with Crippen molar-refractivity contribution >= 4 is 17.4 Å². The first-order chi connectivity index (χ1) is 10.2. The minimum Gasteiger partial charge on any atom is -0.497 e. The number of hydrogen-bond donors (Lipinski definition) is 1. The molecule has 0 spiro atoms. The molecule has 0 bridgehead atoms. The number of rotatable bonds is 5. The average molecular weight is 300 g/mol. The van der Waals surface area contributed by atoms with Crippen LogP contribution in [0.1, 0.15) is 12.5 Å². The number of ether oxygens (including phenoxy) is 2. The number of methoxy groups -OCH3 is 1. The molecule has 0 heterocycles. The number of benzene rings is 2. The highest BCUT2D eigenvalue weighted by Crippen LogP contribution is 2.35. The predicted molar refractivity (Wildman–Crippen MR) is 85.0 cm³/mol. The number of nitrogens with two attached hydrogens (primary N) is 1. The van der Waals surface area contributed by atoms with Gasteiger partial charge < -0.3 is 15.2 Å². The summed E-state index contributed by atoms with van der Waals surface area (Å²) < 4.78 is 10.9. The lowest BCUT2D eigenvalue weighted by Gasteiger charge is -2.12. The van der Waals surface area contributed by atoms with E-state index in [0.29, 0.717) is 28.5 Å². The quantitative estimate of drug-likeness (QED) is 0.666. The molecule has 0 atom stereocenters. The SMILES string of the molecule is CCSc1cccc(Oc2ccc(OC)cc2N)c1C#N. The van der Waals surface area contributed by atoms with E-state index in [1.807, 2.05) is 19.1 Å². The second-order valence-corrected chi connectivity index (χ2v) is 5.49. The number of anilines is 1. The molecule has 0 aliphatic rings. The maximum absolute atomic E-state index is 9.36. The Kier molecular flexibility index (Phi) is 4.96. The molecule has 0 unspecified atom stereocenters. The zero-order valence-electron chi connectivity index (χ0n) is 11.9. The number of thioether (sulfide) groups is 1. The standard InChI is InChI=1S/C16H16N2O2S/c1-3-21-16-6-4-5-14(12(16)10-17)20-15-8-7-11(19-2)9-13(15)18/h4-9H,3,18H2,1-2H3. The summed E-state index contributed by atoms with van der Waals surface area (Å²) in [4.78, 5) is 0.907. The minimum atomic E-state index is 0.465. The Morgan fingerprint density at radius 2 is 2.05 bits per heavy atom. The maximum atomic E-state index is 9.36. The molecule has 2 aromatic rings. The lowest BCUT2D eigenvalue weighted by molar-refractivity contribution is 0.413. The van der Waals surface area contributed by atoms with Crippen molar-refractivity contribution in [1.29, 1.82) is 5.26 Å². The van der Waals surface area contributed by atoms with Gasteiger partial charge in [0.2, 0.25) is 0 Å². The van der Waals surface area contributed by atoms with Gasteiger partial charge in [0, 0.05) is 11.0 Å². The van der Waals surface area contributed by atoms with Gasteiger partial charge in [0.15, 0.2) is 5.75 Å². The number of nitrogen functional groups attached to an aromatic ring is 1. The van der Waals surface area contributed by atoms with E-state index >= 15 is 0 Å². The predicted octanol–water partition coefficient (Wildman–Crippen LogP) is 4.05. The van der Waals surface area contributed by atoms with Crippen molar-refractivity contribution in [3.63, 3.8) is 0 Å². The number of nitriles is 1. The number of hydrogen-bond acceptors (Lipinski definition) is 5. The molecule has 0 aliphatic carbocycles. The molecule has 2 rings (SSSR count). The van der Waals surface area contributed by atoms with Crippen molar-refractivity contribution in [1.82, 2.24) is 0 Å². The fourth-order valence-electron chi connectivity index (χ4n) is 1.85. The minimum absolute atomic E-state index is 0.465. The topological polar surface area (TPSA) is 68.3 Å². The Bertz CT molecular complexity index is 680. The van der Waals surface area contributed by atoms with Crippen LogP contribution >= 0.6 is 11.8 Å². The molecule has 4 nitrogen and oxygen atoms in total. The summed E-state index contributed by atoms with van der Waals surface area (Å²) in [5.74, 6) is 2.57. The van der Waals surface area contributed by atoms with Gasteiger partial charge in [0.1, 0.15) is 23.1 Å². The lowest BCUT2D eigenvalue weighted by atomic mass is 10.2. The maximum Gasteiger partial charge on any atom is 0.150 e. The van der Waals surface area contributed by atoms with E-state index in [1.54, 1.807) is 43.1 Å². The molecule has 0 amide bonds. The Balaban J connectivity index is 2.36. The fraction of sp³-hybridized carbons (Fsp3) is 0.188. The molecule has 0 aliphatic heterocycles. The van der Waals surface area contributed by atoms with E-state index in [1.165, 1.54) is 0 Å². The zero-order valence-corrected chi connectivity index (χ0v) is 12.7. The van der Waals surface area contributed by atoms with E-state index in [2.05, 4.69) is 6.07 Å². The molecule has 2 aromatic carbocycles. The molecular weight excluding hydrogens is 284 g/mol. The van der Waals surface area contributed by atoms with E-state index in [-0.39, 0.29) is 0 Å². The van der Waals surface area contributed by atoms with Gasteiger partial charge in [-0.05, 0) is 30.0 Å². The van der Waals surface area contributed by atoms with Crippen LogP contribution in [0, 0.1) is 11.3 Å². The van der Waals surface area contributed by atoms with Gasteiger partial charge in [-0.15, -0.1) is 11.8 Å². The van der Waals surface area contributed by atoms with Crippen LogP contribution in [0.4, 0.5) is 5.69 Å². The molecule has 21 heavy (non-hydrogen) atoms. The van der Waals surface area contributed by atoms with Crippen LogP contribution in [-0.2, 0) is 0 Å². The summed E-state index contributed by atoms with van der Waals surface area (Å²) in [6.07, 6.45) is 0. The molecule has 108 valence electrons. The molecule has 0 aromatic heterocycles. The molecule has 0 radical (unpaired) electrons. The monoisotopic (exact) mass is 300 g/mol. The van der Waals surface area contributed by atoms with Gasteiger partial charge in [-0.25, -0.2) is 0 Å². The second kappa shape index (κ2) is 6.91. The van der Waals surface area contributed by atoms with E-state index in [0.717, 1.165) is 10.6 Å². The van der Waals surface area contributed by atoms with E-state index in [4.69, 9.17) is 15.2 Å². The highest BCUT2D eigenvalue weighted by molar-refractivity contribution is 7.99. The summed E-state index contributed by atoms with van der Waals surface area (Å²) in [6, 6.07) is 12.9. The van der Waals surface area contributed by atoms with Gasteiger partial charge in [-0.2, -0.15) is 5.26 Å². The zero-order chi connectivity index (χ0) is 15.2. The van der Waals surface area contributed by atoms with Gasteiger partial charge >= 0.3 is 0 Å². The van der Waals surface area contributed by atoms with Crippen molar-refractivity contribution in [3.05, 3.63) is 42.0 Å². The highest BCUT2D eigenvalue weighted by Gasteiger charge is 2.12. The van der Waals surface area contributed by atoms with Crippen molar-refractivity contribution in [2.75, 3.05) is 18.6 Å². The van der Waals surface area contributed by atoms with Crippen molar-refractivity contribution in [2.24, 2.45) is 0 Å². The smallest absolute Gasteiger partial charge is 0.150 e. The van der Waals surface area contributed by atoms with Crippen LogP contribution in [-0.4, -0.2) is 12.9 Å². The summed E-state index contributed by atoms with van der Waals surface area (Å²) >= 11 is 1.61. The summed E-state index contributed by atoms with van der Waals surface area (Å²) in [5, 5.41) is 9.36. The van der Waals surface area contributed by atoms with Gasteiger partial charge in [0.05, 0.1) is 12.8 Å². The van der Waals surface area contributed by atoms with Crippen molar-refractivity contribution < 1.29 is 9.47 Å². The van der Waals surface area contributed by atoms with Crippen molar-refractivity contribution in [2.45, 2.75) is 11.8 Å². The Morgan fingerprint density at radius 3 is 2.67 bits per heavy atom. The Morgan fingerprint density at radius 1 is 1.24 bits per heavy atom. The normalized spacial score (nSPS) is 9.95. The highest BCUT2D eigenvalue weighted by atomic mass is 32.2.